The van der Waals surface area contributed by atoms with Gasteiger partial charge in [0.25, 0.3) is 0 Å². The number of carbonyl (C=O) groups is 1. The lowest BCUT2D eigenvalue weighted by Gasteiger charge is -1.99. The number of oxazole rings is 1. The summed E-state index contributed by atoms with van der Waals surface area (Å²) >= 11 is 0. The number of aromatic nitrogens is 1. The second-order valence-corrected chi connectivity index (χ2v) is 5.50. The van der Waals surface area contributed by atoms with E-state index in [2.05, 4.69) is 4.98 Å². The molecule has 1 aromatic carbocycles. The van der Waals surface area contributed by atoms with Crippen molar-refractivity contribution in [2.24, 2.45) is 17.8 Å². The van der Waals surface area contributed by atoms with Gasteiger partial charge in [-0.2, -0.15) is 0 Å². The van der Waals surface area contributed by atoms with E-state index in [4.69, 9.17) is 4.42 Å². The number of rotatable bonds is 3. The van der Waals surface area contributed by atoms with Crippen LogP contribution in [0.3, 0.4) is 0 Å². The Balaban J connectivity index is 1.52. The molecule has 0 radical (unpaired) electrons. The van der Waals surface area contributed by atoms with Crippen LogP contribution in [0.4, 0.5) is 0 Å². The molecular formula is C15H15NO2. The summed E-state index contributed by atoms with van der Waals surface area (Å²) in [4.78, 5) is 16.5. The average Bonchev–Trinajstić information content (AvgIpc) is 2.77. The van der Waals surface area contributed by atoms with Crippen LogP contribution in [0.15, 0.2) is 28.7 Å². The first-order valence-corrected chi connectivity index (χ1v) is 6.70. The minimum atomic E-state index is 0.314. The number of fused-ring (bicyclic) bond motifs is 2. The third-order valence-corrected chi connectivity index (χ3v) is 4.44. The van der Waals surface area contributed by atoms with Gasteiger partial charge in [0.05, 0.1) is 6.42 Å². The van der Waals surface area contributed by atoms with Crippen LogP contribution in [-0.2, 0) is 11.2 Å². The zero-order chi connectivity index (χ0) is 12.1. The number of carbonyl (C=O) groups excluding carboxylic acids is 1. The molecule has 2 unspecified atom stereocenters. The lowest BCUT2D eigenvalue weighted by molar-refractivity contribution is -0.120. The fourth-order valence-corrected chi connectivity index (χ4v) is 3.56. The van der Waals surface area contributed by atoms with E-state index in [1.165, 1.54) is 19.3 Å². The van der Waals surface area contributed by atoms with Crippen molar-refractivity contribution in [2.75, 3.05) is 0 Å². The molecule has 0 bridgehead atoms. The molecule has 3 heteroatoms. The average molecular weight is 241 g/mol. The van der Waals surface area contributed by atoms with E-state index >= 15 is 0 Å². The van der Waals surface area contributed by atoms with Crippen molar-refractivity contribution in [1.82, 2.24) is 4.98 Å². The summed E-state index contributed by atoms with van der Waals surface area (Å²) in [6.45, 7) is 0. The Hall–Kier alpha value is -1.64. The molecule has 4 rings (SSSR count). The summed E-state index contributed by atoms with van der Waals surface area (Å²) in [5.41, 5.74) is 1.62. The molecule has 0 aliphatic heterocycles. The highest BCUT2D eigenvalue weighted by Gasteiger charge is 2.55. The van der Waals surface area contributed by atoms with E-state index in [0.717, 1.165) is 11.1 Å². The van der Waals surface area contributed by atoms with Crippen molar-refractivity contribution in [1.29, 1.82) is 0 Å². The van der Waals surface area contributed by atoms with Crippen LogP contribution in [0.2, 0.25) is 0 Å². The van der Waals surface area contributed by atoms with Gasteiger partial charge in [0, 0.05) is 5.92 Å². The van der Waals surface area contributed by atoms with Gasteiger partial charge in [-0.3, -0.25) is 4.79 Å². The first-order chi connectivity index (χ1) is 8.83. The molecule has 2 saturated carbocycles. The van der Waals surface area contributed by atoms with Gasteiger partial charge in [-0.15, -0.1) is 0 Å². The molecule has 2 atom stereocenters. The monoisotopic (exact) mass is 241 g/mol. The molecule has 0 N–H and O–H groups in total. The van der Waals surface area contributed by atoms with Gasteiger partial charge in [-0.1, -0.05) is 18.6 Å². The summed E-state index contributed by atoms with van der Waals surface area (Å²) in [6.07, 6.45) is 4.16. The molecule has 0 amide bonds. The van der Waals surface area contributed by atoms with Crippen LogP contribution in [0, 0.1) is 17.8 Å². The summed E-state index contributed by atoms with van der Waals surface area (Å²) in [5.74, 6) is 2.58. The first-order valence-electron chi connectivity index (χ1n) is 6.70. The second kappa shape index (κ2) is 3.67. The Morgan fingerprint density at radius 3 is 2.83 bits per heavy atom. The van der Waals surface area contributed by atoms with Gasteiger partial charge in [0.1, 0.15) is 11.3 Å². The summed E-state index contributed by atoms with van der Waals surface area (Å²) in [5, 5.41) is 0. The van der Waals surface area contributed by atoms with Crippen molar-refractivity contribution in [2.45, 2.75) is 25.7 Å². The molecule has 0 spiro atoms. The van der Waals surface area contributed by atoms with Crippen molar-refractivity contribution >= 4 is 16.9 Å². The van der Waals surface area contributed by atoms with Crippen molar-refractivity contribution in [3.05, 3.63) is 30.2 Å². The number of hydrogen-bond acceptors (Lipinski definition) is 3. The van der Waals surface area contributed by atoms with Crippen molar-refractivity contribution in [3.8, 4) is 0 Å². The molecule has 92 valence electrons. The number of ketones is 1. The molecule has 0 saturated heterocycles. The van der Waals surface area contributed by atoms with Gasteiger partial charge in [-0.05, 0) is 36.8 Å². The van der Waals surface area contributed by atoms with E-state index in [-0.39, 0.29) is 0 Å². The van der Waals surface area contributed by atoms with E-state index in [1.54, 1.807) is 0 Å². The zero-order valence-electron chi connectivity index (χ0n) is 10.1. The minimum Gasteiger partial charge on any atom is -0.440 e. The molecule has 1 heterocycles. The molecule has 1 aromatic heterocycles. The van der Waals surface area contributed by atoms with Gasteiger partial charge < -0.3 is 4.42 Å². The van der Waals surface area contributed by atoms with E-state index in [0.29, 0.717) is 35.8 Å². The summed E-state index contributed by atoms with van der Waals surface area (Å²) < 4.78 is 5.61. The maximum absolute atomic E-state index is 12.2. The van der Waals surface area contributed by atoms with Crippen molar-refractivity contribution < 1.29 is 9.21 Å². The minimum absolute atomic E-state index is 0.314. The first kappa shape index (κ1) is 10.3. The molecule has 18 heavy (non-hydrogen) atoms. The van der Waals surface area contributed by atoms with Crippen LogP contribution in [0.1, 0.15) is 25.2 Å². The normalized spacial score (nSPS) is 29.4. The van der Waals surface area contributed by atoms with Gasteiger partial charge >= 0.3 is 0 Å². The zero-order valence-corrected chi connectivity index (χ0v) is 10.1. The van der Waals surface area contributed by atoms with Crippen LogP contribution < -0.4 is 0 Å². The summed E-state index contributed by atoms with van der Waals surface area (Å²) in [6, 6.07) is 7.66. The highest BCUT2D eigenvalue weighted by Crippen LogP contribution is 2.58. The van der Waals surface area contributed by atoms with Crippen LogP contribution in [-0.4, -0.2) is 10.8 Å². The smallest absolute Gasteiger partial charge is 0.202 e. The molecular weight excluding hydrogens is 226 g/mol. The second-order valence-electron chi connectivity index (χ2n) is 5.50. The number of para-hydroxylation sites is 2. The highest BCUT2D eigenvalue weighted by molar-refractivity contribution is 5.86. The largest absolute Gasteiger partial charge is 0.440 e. The SMILES string of the molecule is O=C(Cc1nc2ccccc2o1)C1C2CCCC21. The predicted molar refractivity (Wildman–Crippen MR) is 67.0 cm³/mol. The molecule has 2 aromatic rings. The van der Waals surface area contributed by atoms with E-state index < -0.39 is 0 Å². The highest BCUT2D eigenvalue weighted by atomic mass is 16.3. The lowest BCUT2D eigenvalue weighted by atomic mass is 10.1. The molecule has 2 fully saturated rings. The maximum atomic E-state index is 12.2. The maximum Gasteiger partial charge on any atom is 0.202 e. The number of hydrogen-bond donors (Lipinski definition) is 0. The van der Waals surface area contributed by atoms with E-state index in [1.807, 2.05) is 24.3 Å². The topological polar surface area (TPSA) is 43.1 Å². The van der Waals surface area contributed by atoms with Gasteiger partial charge in [0.2, 0.25) is 5.89 Å². The molecule has 3 nitrogen and oxygen atoms in total. The Labute approximate surface area is 105 Å². The Morgan fingerprint density at radius 2 is 2.06 bits per heavy atom. The van der Waals surface area contributed by atoms with Crippen LogP contribution in [0.5, 0.6) is 0 Å². The lowest BCUT2D eigenvalue weighted by Crippen LogP contribution is -2.09. The van der Waals surface area contributed by atoms with Gasteiger partial charge in [0.15, 0.2) is 5.58 Å². The number of nitrogens with zero attached hydrogens (tertiary/aromatic N) is 1. The predicted octanol–water partition coefficient (Wildman–Crippen LogP) is 2.99. The third-order valence-electron chi connectivity index (χ3n) is 4.44. The third kappa shape index (κ3) is 1.50. The Kier molecular flexibility index (Phi) is 2.10. The Bertz CT molecular complexity index is 573. The number of benzene rings is 1. The molecule has 2 aliphatic carbocycles. The van der Waals surface area contributed by atoms with E-state index in [9.17, 15) is 4.79 Å². The Morgan fingerprint density at radius 1 is 1.28 bits per heavy atom. The van der Waals surface area contributed by atoms with Crippen LogP contribution in [0.25, 0.3) is 11.1 Å². The standard InChI is InChI=1S/C15H15NO2/c17-12(15-9-4-3-5-10(9)15)8-14-16-11-6-1-2-7-13(11)18-14/h1-2,6-7,9-10,15H,3-5,8H2. The summed E-state index contributed by atoms with van der Waals surface area (Å²) in [7, 11) is 0. The fraction of sp³-hybridized carbons (Fsp3) is 0.467. The molecule has 2 aliphatic rings. The fourth-order valence-electron chi connectivity index (χ4n) is 3.56. The number of Topliss-reactive ketones (excluding diaryl/α,β-unsaturated/α-hetero) is 1. The van der Waals surface area contributed by atoms with Crippen molar-refractivity contribution in [3.63, 3.8) is 0 Å². The quantitative estimate of drug-likeness (QED) is 0.829. The van der Waals surface area contributed by atoms with Gasteiger partial charge in [-0.25, -0.2) is 4.98 Å². The van der Waals surface area contributed by atoms with Crippen LogP contribution >= 0.6 is 0 Å².